The molecule has 0 aliphatic carbocycles. The van der Waals surface area contributed by atoms with Crippen LogP contribution in [0, 0.1) is 0 Å². The molecule has 4 rings (SSSR count). The second-order valence-corrected chi connectivity index (χ2v) is 5.68. The highest BCUT2D eigenvalue weighted by molar-refractivity contribution is 5.99. The van der Waals surface area contributed by atoms with Crippen molar-refractivity contribution in [1.82, 2.24) is 30.6 Å². The van der Waals surface area contributed by atoms with Crippen molar-refractivity contribution in [2.75, 3.05) is 0 Å². The molecule has 0 saturated carbocycles. The van der Waals surface area contributed by atoms with Gasteiger partial charge in [0.25, 0.3) is 11.8 Å². The van der Waals surface area contributed by atoms with E-state index in [-0.39, 0.29) is 5.69 Å². The lowest BCUT2D eigenvalue weighted by atomic mass is 10.2. The van der Waals surface area contributed by atoms with Crippen LogP contribution in [-0.4, -0.2) is 31.6 Å². The SMILES string of the molecule is O=C(NNC(=O)c1ccc2ccccc2n1)c1ccc(-n2cncn2)cc1. The molecule has 132 valence electrons. The van der Waals surface area contributed by atoms with Gasteiger partial charge in [0.15, 0.2) is 0 Å². The summed E-state index contributed by atoms with van der Waals surface area (Å²) in [6, 6.07) is 17.6. The molecule has 27 heavy (non-hydrogen) atoms. The highest BCUT2D eigenvalue weighted by Gasteiger charge is 2.11. The zero-order chi connectivity index (χ0) is 18.6. The highest BCUT2D eigenvalue weighted by Crippen LogP contribution is 2.11. The molecule has 0 aliphatic heterocycles. The summed E-state index contributed by atoms with van der Waals surface area (Å²) in [5.41, 5.74) is 6.85. The summed E-state index contributed by atoms with van der Waals surface area (Å²) in [5.74, 6) is -0.928. The average molecular weight is 358 g/mol. The highest BCUT2D eigenvalue weighted by atomic mass is 16.2. The van der Waals surface area contributed by atoms with Crippen molar-refractivity contribution in [3.63, 3.8) is 0 Å². The number of hydrogen-bond acceptors (Lipinski definition) is 5. The largest absolute Gasteiger partial charge is 0.288 e. The van der Waals surface area contributed by atoms with Crippen LogP contribution in [0.1, 0.15) is 20.8 Å². The predicted molar refractivity (Wildman–Crippen MR) is 98.0 cm³/mol. The summed E-state index contributed by atoms with van der Waals surface area (Å²) in [6.45, 7) is 0. The molecule has 0 unspecified atom stereocenters. The number of carbonyl (C=O) groups is 2. The lowest BCUT2D eigenvalue weighted by Crippen LogP contribution is -2.41. The molecule has 0 atom stereocenters. The normalized spacial score (nSPS) is 10.5. The zero-order valence-corrected chi connectivity index (χ0v) is 14.0. The van der Waals surface area contributed by atoms with E-state index in [2.05, 4.69) is 25.9 Å². The van der Waals surface area contributed by atoms with Crippen LogP contribution < -0.4 is 10.9 Å². The number of fused-ring (bicyclic) bond motifs is 1. The lowest BCUT2D eigenvalue weighted by molar-refractivity contribution is 0.0844. The Morgan fingerprint density at radius 3 is 2.41 bits per heavy atom. The Labute approximate surface area is 153 Å². The summed E-state index contributed by atoms with van der Waals surface area (Å²) in [6.07, 6.45) is 2.99. The molecule has 2 aromatic heterocycles. The second-order valence-electron chi connectivity index (χ2n) is 5.68. The van der Waals surface area contributed by atoms with Gasteiger partial charge in [0, 0.05) is 10.9 Å². The van der Waals surface area contributed by atoms with E-state index >= 15 is 0 Å². The fraction of sp³-hybridized carbons (Fsp3) is 0. The average Bonchev–Trinajstić information content (AvgIpc) is 3.26. The molecule has 0 fully saturated rings. The number of pyridine rings is 1. The number of nitrogens with zero attached hydrogens (tertiary/aromatic N) is 4. The van der Waals surface area contributed by atoms with Crippen LogP contribution in [0.3, 0.4) is 0 Å². The fourth-order valence-corrected chi connectivity index (χ4v) is 2.55. The van der Waals surface area contributed by atoms with Gasteiger partial charge >= 0.3 is 0 Å². The van der Waals surface area contributed by atoms with Gasteiger partial charge in [-0.2, -0.15) is 5.10 Å². The summed E-state index contributed by atoms with van der Waals surface area (Å²) in [4.78, 5) is 32.6. The van der Waals surface area contributed by atoms with E-state index in [1.807, 2.05) is 30.3 Å². The number of para-hydroxylation sites is 1. The number of nitrogens with one attached hydrogen (secondary N) is 2. The molecule has 2 N–H and O–H groups in total. The van der Waals surface area contributed by atoms with E-state index in [0.717, 1.165) is 11.1 Å². The first-order chi connectivity index (χ1) is 13.2. The third-order valence-corrected chi connectivity index (χ3v) is 3.93. The molecule has 8 heteroatoms. The topological polar surface area (TPSA) is 102 Å². The lowest BCUT2D eigenvalue weighted by Gasteiger charge is -2.08. The molecule has 2 heterocycles. The van der Waals surface area contributed by atoms with Crippen molar-refractivity contribution in [2.45, 2.75) is 0 Å². The first-order valence-corrected chi connectivity index (χ1v) is 8.12. The molecule has 0 saturated heterocycles. The zero-order valence-electron chi connectivity index (χ0n) is 14.0. The van der Waals surface area contributed by atoms with Crippen LogP contribution in [0.15, 0.2) is 73.3 Å². The Morgan fingerprint density at radius 1 is 0.852 bits per heavy atom. The van der Waals surface area contributed by atoms with Gasteiger partial charge < -0.3 is 0 Å². The molecule has 4 aromatic rings. The van der Waals surface area contributed by atoms with Crippen molar-refractivity contribution in [3.05, 3.63) is 84.6 Å². The minimum atomic E-state index is -0.492. The molecule has 2 amide bonds. The first kappa shape index (κ1) is 16.4. The van der Waals surface area contributed by atoms with Crippen molar-refractivity contribution < 1.29 is 9.59 Å². The summed E-state index contributed by atoms with van der Waals surface area (Å²) in [5, 5.41) is 4.95. The maximum atomic E-state index is 12.2. The van der Waals surface area contributed by atoms with Gasteiger partial charge in [-0.05, 0) is 36.4 Å². The minimum absolute atomic E-state index is 0.218. The number of carbonyl (C=O) groups excluding carboxylic acids is 2. The Bertz CT molecular complexity index is 1110. The van der Waals surface area contributed by atoms with Crippen molar-refractivity contribution >= 4 is 22.7 Å². The predicted octanol–water partition coefficient (Wildman–Crippen LogP) is 1.89. The smallest absolute Gasteiger partial charge is 0.267 e. The van der Waals surface area contributed by atoms with Crippen LogP contribution in [0.4, 0.5) is 0 Å². The third kappa shape index (κ3) is 3.49. The molecule has 0 spiro atoms. The summed E-state index contributed by atoms with van der Waals surface area (Å²) < 4.78 is 1.58. The maximum Gasteiger partial charge on any atom is 0.288 e. The van der Waals surface area contributed by atoms with Crippen LogP contribution in [0.5, 0.6) is 0 Å². The van der Waals surface area contributed by atoms with Crippen molar-refractivity contribution in [2.24, 2.45) is 0 Å². The van der Waals surface area contributed by atoms with Gasteiger partial charge in [0.1, 0.15) is 18.3 Å². The Balaban J connectivity index is 1.41. The van der Waals surface area contributed by atoms with E-state index in [0.29, 0.717) is 11.1 Å². The van der Waals surface area contributed by atoms with Crippen molar-refractivity contribution in [1.29, 1.82) is 0 Å². The van der Waals surface area contributed by atoms with Crippen molar-refractivity contribution in [3.8, 4) is 5.69 Å². The van der Waals surface area contributed by atoms with E-state index in [1.165, 1.54) is 6.33 Å². The Morgan fingerprint density at radius 2 is 1.63 bits per heavy atom. The van der Waals surface area contributed by atoms with Gasteiger partial charge in [-0.25, -0.2) is 14.6 Å². The number of amides is 2. The monoisotopic (exact) mass is 358 g/mol. The van der Waals surface area contributed by atoms with Crippen LogP contribution in [0.25, 0.3) is 16.6 Å². The summed E-state index contributed by atoms with van der Waals surface area (Å²) >= 11 is 0. The molecule has 0 bridgehead atoms. The van der Waals surface area contributed by atoms with Gasteiger partial charge in [-0.3, -0.25) is 20.4 Å². The Hall–Kier alpha value is -4.07. The van der Waals surface area contributed by atoms with Gasteiger partial charge in [0.05, 0.1) is 11.2 Å². The number of hydrogen-bond donors (Lipinski definition) is 2. The molecule has 0 radical (unpaired) electrons. The van der Waals surface area contributed by atoms with Crippen LogP contribution in [-0.2, 0) is 0 Å². The van der Waals surface area contributed by atoms with Gasteiger partial charge in [-0.1, -0.05) is 24.3 Å². The second kappa shape index (κ2) is 7.04. The number of rotatable bonds is 3. The molecular formula is C19H14N6O2. The number of benzene rings is 2. The molecule has 0 aliphatic rings. The van der Waals surface area contributed by atoms with Crippen LogP contribution in [0.2, 0.25) is 0 Å². The maximum absolute atomic E-state index is 12.2. The first-order valence-electron chi connectivity index (χ1n) is 8.12. The number of hydrazine groups is 1. The molecule has 2 aromatic carbocycles. The van der Waals surface area contributed by atoms with Gasteiger partial charge in [0.2, 0.25) is 0 Å². The Kier molecular flexibility index (Phi) is 4.28. The molecule has 8 nitrogen and oxygen atoms in total. The van der Waals surface area contributed by atoms with E-state index in [1.54, 1.807) is 41.3 Å². The summed E-state index contributed by atoms with van der Waals surface area (Å²) in [7, 11) is 0. The quantitative estimate of drug-likeness (QED) is 0.545. The fourth-order valence-electron chi connectivity index (χ4n) is 2.55. The van der Waals surface area contributed by atoms with E-state index in [9.17, 15) is 9.59 Å². The minimum Gasteiger partial charge on any atom is -0.267 e. The third-order valence-electron chi connectivity index (χ3n) is 3.93. The van der Waals surface area contributed by atoms with Crippen LogP contribution >= 0.6 is 0 Å². The van der Waals surface area contributed by atoms with E-state index in [4.69, 9.17) is 0 Å². The standard InChI is InChI=1S/C19H14N6O2/c26-18(14-5-8-15(9-6-14)25-12-20-11-21-25)23-24-19(27)17-10-7-13-3-1-2-4-16(13)22-17/h1-12H,(H,23,26)(H,24,27). The molecular weight excluding hydrogens is 344 g/mol. The van der Waals surface area contributed by atoms with Gasteiger partial charge in [-0.15, -0.1) is 0 Å². The van der Waals surface area contributed by atoms with E-state index < -0.39 is 11.8 Å². The number of aromatic nitrogens is 4.